The molecule has 0 N–H and O–H groups in total. The number of rotatable bonds is 3. The minimum atomic E-state index is 0.335. The van der Waals surface area contributed by atoms with Crippen molar-refractivity contribution in [3.63, 3.8) is 0 Å². The molecule has 0 spiro atoms. The predicted molar refractivity (Wildman–Crippen MR) is 106 cm³/mol. The van der Waals surface area contributed by atoms with Crippen LogP contribution in [-0.2, 0) is 0 Å². The molecule has 3 aromatic rings. The van der Waals surface area contributed by atoms with Crippen molar-refractivity contribution < 1.29 is 0 Å². The summed E-state index contributed by atoms with van der Waals surface area (Å²) in [5.74, 6) is 0. The van der Waals surface area contributed by atoms with Crippen LogP contribution in [0.15, 0.2) is 103 Å². The standard InChI is InChI=1S/C23H18S/c1-4-10-18(11-5-1)21-16-22(19-12-6-2-7-13-19)24-23(17-21)20-14-8-3-9-15-20/h1-17,22H. The van der Waals surface area contributed by atoms with E-state index >= 15 is 0 Å². The van der Waals surface area contributed by atoms with Crippen molar-refractivity contribution in [2.75, 3.05) is 0 Å². The molecular weight excluding hydrogens is 308 g/mol. The van der Waals surface area contributed by atoms with Crippen LogP contribution in [0, 0.1) is 0 Å². The number of allylic oxidation sites excluding steroid dienone is 2. The van der Waals surface area contributed by atoms with Crippen LogP contribution in [0.25, 0.3) is 10.5 Å². The number of hydrogen-bond donors (Lipinski definition) is 0. The Morgan fingerprint density at radius 1 is 0.583 bits per heavy atom. The second-order valence-corrected chi connectivity index (χ2v) is 7.00. The van der Waals surface area contributed by atoms with Crippen molar-refractivity contribution in [3.05, 3.63) is 120 Å². The summed E-state index contributed by atoms with van der Waals surface area (Å²) in [6, 6.07) is 32.0. The molecule has 4 rings (SSSR count). The van der Waals surface area contributed by atoms with Crippen molar-refractivity contribution in [2.24, 2.45) is 0 Å². The second kappa shape index (κ2) is 6.94. The van der Waals surface area contributed by atoms with Crippen LogP contribution in [0.2, 0.25) is 0 Å². The Labute approximate surface area is 147 Å². The molecule has 1 aliphatic heterocycles. The molecule has 1 unspecified atom stereocenters. The third-order valence-corrected chi connectivity index (χ3v) is 5.43. The largest absolute Gasteiger partial charge is 0.113 e. The van der Waals surface area contributed by atoms with Crippen LogP contribution in [0.4, 0.5) is 0 Å². The van der Waals surface area contributed by atoms with Crippen molar-refractivity contribution in [2.45, 2.75) is 5.25 Å². The van der Waals surface area contributed by atoms with E-state index in [1.165, 1.54) is 27.2 Å². The molecule has 0 saturated carbocycles. The fraction of sp³-hybridized carbons (Fsp3) is 0.0435. The third-order valence-electron chi connectivity index (χ3n) is 4.16. The Hall–Kier alpha value is -2.51. The Balaban J connectivity index is 1.79. The van der Waals surface area contributed by atoms with Crippen LogP contribution < -0.4 is 0 Å². The van der Waals surface area contributed by atoms with Gasteiger partial charge in [-0.25, -0.2) is 0 Å². The fourth-order valence-electron chi connectivity index (χ4n) is 2.93. The highest BCUT2D eigenvalue weighted by Crippen LogP contribution is 2.46. The van der Waals surface area contributed by atoms with Crippen LogP contribution in [0.5, 0.6) is 0 Å². The van der Waals surface area contributed by atoms with E-state index in [-0.39, 0.29) is 0 Å². The summed E-state index contributed by atoms with van der Waals surface area (Å²) >= 11 is 1.92. The van der Waals surface area contributed by atoms with Gasteiger partial charge in [-0.2, -0.15) is 0 Å². The molecule has 0 saturated heterocycles. The first kappa shape index (κ1) is 15.0. The quantitative estimate of drug-likeness (QED) is 0.522. The van der Waals surface area contributed by atoms with Gasteiger partial charge in [-0.15, -0.1) is 11.8 Å². The minimum absolute atomic E-state index is 0.335. The lowest BCUT2D eigenvalue weighted by molar-refractivity contribution is 1.23. The van der Waals surface area contributed by atoms with Crippen LogP contribution in [0.3, 0.4) is 0 Å². The Bertz CT molecular complexity index is 862. The highest BCUT2D eigenvalue weighted by molar-refractivity contribution is 8.08. The van der Waals surface area contributed by atoms with Crippen molar-refractivity contribution in [3.8, 4) is 0 Å². The zero-order valence-electron chi connectivity index (χ0n) is 13.3. The summed E-state index contributed by atoms with van der Waals surface area (Å²) in [6.07, 6.45) is 4.69. The van der Waals surface area contributed by atoms with E-state index in [4.69, 9.17) is 0 Å². The molecule has 24 heavy (non-hydrogen) atoms. The van der Waals surface area contributed by atoms with E-state index in [9.17, 15) is 0 Å². The number of benzene rings is 3. The molecule has 1 heteroatoms. The smallest absolute Gasteiger partial charge is 0.0533 e. The maximum Gasteiger partial charge on any atom is 0.0533 e. The van der Waals surface area contributed by atoms with Gasteiger partial charge in [-0.1, -0.05) is 97.1 Å². The Kier molecular flexibility index (Phi) is 4.35. The topological polar surface area (TPSA) is 0 Å². The van der Waals surface area contributed by atoms with Crippen LogP contribution >= 0.6 is 11.8 Å². The molecule has 1 aliphatic rings. The summed E-state index contributed by atoms with van der Waals surface area (Å²) in [7, 11) is 0. The van der Waals surface area contributed by atoms with Crippen LogP contribution in [0.1, 0.15) is 21.9 Å². The van der Waals surface area contributed by atoms with E-state index < -0.39 is 0 Å². The molecule has 0 radical (unpaired) electrons. The summed E-state index contributed by atoms with van der Waals surface area (Å²) in [6.45, 7) is 0. The molecule has 3 aromatic carbocycles. The van der Waals surface area contributed by atoms with Gasteiger partial charge >= 0.3 is 0 Å². The maximum absolute atomic E-state index is 2.38. The zero-order valence-corrected chi connectivity index (χ0v) is 14.1. The average molecular weight is 326 g/mol. The highest BCUT2D eigenvalue weighted by Gasteiger charge is 2.19. The lowest BCUT2D eigenvalue weighted by Crippen LogP contribution is -1.98. The number of thioether (sulfide) groups is 1. The molecule has 116 valence electrons. The lowest BCUT2D eigenvalue weighted by Gasteiger charge is -2.22. The highest BCUT2D eigenvalue weighted by atomic mass is 32.2. The van der Waals surface area contributed by atoms with Gasteiger partial charge in [-0.3, -0.25) is 0 Å². The Morgan fingerprint density at radius 3 is 1.75 bits per heavy atom. The van der Waals surface area contributed by atoms with E-state index in [0.29, 0.717) is 5.25 Å². The molecule has 0 aliphatic carbocycles. The van der Waals surface area contributed by atoms with E-state index in [1.54, 1.807) is 0 Å². The molecule has 0 amide bonds. The molecule has 0 aromatic heterocycles. The van der Waals surface area contributed by atoms with Gasteiger partial charge in [0, 0.05) is 4.91 Å². The molecule has 0 bridgehead atoms. The summed E-state index contributed by atoms with van der Waals surface area (Å²) in [5.41, 5.74) is 5.19. The first-order chi connectivity index (χ1) is 11.9. The van der Waals surface area contributed by atoms with Gasteiger partial charge in [0.25, 0.3) is 0 Å². The predicted octanol–water partition coefficient (Wildman–Crippen LogP) is 6.60. The van der Waals surface area contributed by atoms with E-state index in [2.05, 4.69) is 103 Å². The summed E-state index contributed by atoms with van der Waals surface area (Å²) < 4.78 is 0. The molecule has 1 heterocycles. The van der Waals surface area contributed by atoms with Gasteiger partial charge in [0.05, 0.1) is 5.25 Å². The van der Waals surface area contributed by atoms with Crippen LogP contribution in [-0.4, -0.2) is 0 Å². The van der Waals surface area contributed by atoms with E-state index in [1.807, 2.05) is 11.8 Å². The van der Waals surface area contributed by atoms with Gasteiger partial charge in [0.15, 0.2) is 0 Å². The number of hydrogen-bond acceptors (Lipinski definition) is 1. The normalized spacial score (nSPS) is 17.1. The summed E-state index contributed by atoms with van der Waals surface area (Å²) in [5, 5.41) is 0.335. The first-order valence-electron chi connectivity index (χ1n) is 8.16. The lowest BCUT2D eigenvalue weighted by atomic mass is 10.0. The first-order valence-corrected chi connectivity index (χ1v) is 9.04. The van der Waals surface area contributed by atoms with Crippen molar-refractivity contribution >= 4 is 22.2 Å². The van der Waals surface area contributed by atoms with Gasteiger partial charge in [0.2, 0.25) is 0 Å². The fourth-order valence-corrected chi connectivity index (χ4v) is 4.18. The molecule has 0 nitrogen and oxygen atoms in total. The summed E-state index contributed by atoms with van der Waals surface area (Å²) in [4.78, 5) is 1.32. The third kappa shape index (κ3) is 3.22. The van der Waals surface area contributed by atoms with Crippen molar-refractivity contribution in [1.82, 2.24) is 0 Å². The van der Waals surface area contributed by atoms with Crippen molar-refractivity contribution in [1.29, 1.82) is 0 Å². The maximum atomic E-state index is 2.38. The average Bonchev–Trinajstić information content (AvgIpc) is 2.70. The van der Waals surface area contributed by atoms with Gasteiger partial charge in [0.1, 0.15) is 0 Å². The van der Waals surface area contributed by atoms with E-state index in [0.717, 1.165) is 0 Å². The molecule has 0 fully saturated rings. The molecular formula is C23H18S. The molecule has 1 atom stereocenters. The minimum Gasteiger partial charge on any atom is -0.113 e. The Morgan fingerprint density at radius 2 is 1.12 bits per heavy atom. The van der Waals surface area contributed by atoms with Gasteiger partial charge < -0.3 is 0 Å². The second-order valence-electron chi connectivity index (χ2n) is 5.81. The monoisotopic (exact) mass is 326 g/mol. The zero-order chi connectivity index (χ0) is 16.2. The van der Waals surface area contributed by atoms with Gasteiger partial charge in [-0.05, 0) is 28.3 Å². The SMILES string of the molecule is C1=C(c2ccccc2)C=C(c2ccccc2)SC1c1ccccc1.